The van der Waals surface area contributed by atoms with Gasteiger partial charge >= 0.3 is 0 Å². The van der Waals surface area contributed by atoms with Crippen molar-refractivity contribution in [3.05, 3.63) is 93.0 Å². The summed E-state index contributed by atoms with van der Waals surface area (Å²) in [6.07, 6.45) is 2.39. The highest BCUT2D eigenvalue weighted by Crippen LogP contribution is 2.22. The number of rotatable bonds is 5. The number of aliphatic hydroxyl groups is 1. The Kier molecular flexibility index (Phi) is 6.02. The lowest BCUT2D eigenvalue weighted by Crippen LogP contribution is -2.33. The Labute approximate surface area is 198 Å². The van der Waals surface area contributed by atoms with E-state index < -0.39 is 0 Å². The molecule has 34 heavy (non-hydrogen) atoms. The highest BCUT2D eigenvalue weighted by atomic mass is 16.3. The SMILES string of the molecule is CC1=C(Cn2c(=O)c3ccccc3n3nc(C)cc23)NC(=NCCCO)c2ccccc2CC1. The number of aryl methyl sites for hydroxylation is 2. The number of allylic oxidation sites excluding steroid dienone is 2. The van der Waals surface area contributed by atoms with Crippen LogP contribution in [-0.4, -0.2) is 38.3 Å². The van der Waals surface area contributed by atoms with Crippen molar-refractivity contribution in [3.8, 4) is 0 Å². The Morgan fingerprint density at radius 3 is 2.74 bits per heavy atom. The largest absolute Gasteiger partial charge is 0.396 e. The summed E-state index contributed by atoms with van der Waals surface area (Å²) in [6, 6.07) is 17.9. The molecule has 0 saturated heterocycles. The fourth-order valence-electron chi connectivity index (χ4n) is 4.57. The molecule has 0 saturated carbocycles. The molecule has 1 aliphatic heterocycles. The minimum atomic E-state index is -0.0358. The van der Waals surface area contributed by atoms with Crippen LogP contribution >= 0.6 is 0 Å². The molecule has 7 heteroatoms. The normalized spacial score (nSPS) is 15.4. The van der Waals surface area contributed by atoms with Gasteiger partial charge in [0.15, 0.2) is 0 Å². The summed E-state index contributed by atoms with van der Waals surface area (Å²) in [5.41, 5.74) is 6.88. The third-order valence-corrected chi connectivity index (χ3v) is 6.43. The van der Waals surface area contributed by atoms with Crippen LogP contribution in [0.4, 0.5) is 0 Å². The van der Waals surface area contributed by atoms with Gasteiger partial charge in [-0.05, 0) is 50.8 Å². The zero-order valence-electron chi connectivity index (χ0n) is 19.6. The predicted molar refractivity (Wildman–Crippen MR) is 135 cm³/mol. The number of aliphatic hydroxyl groups excluding tert-OH is 1. The van der Waals surface area contributed by atoms with Crippen molar-refractivity contribution in [2.45, 2.75) is 39.7 Å². The standard InChI is InChI=1S/C27H29N5O2/c1-18-12-13-20-8-3-4-9-21(20)26(28-14-7-15-33)29-23(18)17-31-25-16-19(2)30-32(25)24-11-6-5-10-22(24)27(31)34/h3-6,8-11,16,33H,7,12-15,17H2,1-2H3,(H,28,29). The second-order valence-corrected chi connectivity index (χ2v) is 8.81. The first kappa shape index (κ1) is 22.1. The highest BCUT2D eigenvalue weighted by molar-refractivity contribution is 6.01. The molecular weight excluding hydrogens is 426 g/mol. The molecule has 2 N–H and O–H groups in total. The second kappa shape index (κ2) is 9.27. The Morgan fingerprint density at radius 2 is 1.88 bits per heavy atom. The Bertz CT molecular complexity index is 1490. The average molecular weight is 456 g/mol. The lowest BCUT2D eigenvalue weighted by Gasteiger charge is -2.23. The smallest absolute Gasteiger partial charge is 0.262 e. The van der Waals surface area contributed by atoms with Gasteiger partial charge < -0.3 is 10.4 Å². The summed E-state index contributed by atoms with van der Waals surface area (Å²) in [5, 5.41) is 18.1. The van der Waals surface area contributed by atoms with E-state index in [0.29, 0.717) is 24.9 Å². The van der Waals surface area contributed by atoms with E-state index in [2.05, 4.69) is 35.5 Å². The van der Waals surface area contributed by atoms with Crippen LogP contribution in [0.25, 0.3) is 16.6 Å². The Hall–Kier alpha value is -3.71. The quantitative estimate of drug-likeness (QED) is 0.451. The van der Waals surface area contributed by atoms with Gasteiger partial charge in [0.05, 0.1) is 23.1 Å². The molecule has 3 heterocycles. The molecule has 0 aliphatic carbocycles. The zero-order valence-corrected chi connectivity index (χ0v) is 19.6. The number of fused-ring (bicyclic) bond motifs is 4. The molecule has 174 valence electrons. The molecule has 0 unspecified atom stereocenters. The minimum Gasteiger partial charge on any atom is -0.396 e. The predicted octanol–water partition coefficient (Wildman–Crippen LogP) is 3.60. The molecular formula is C27H29N5O2. The molecule has 0 bridgehead atoms. The van der Waals surface area contributed by atoms with E-state index in [1.54, 1.807) is 4.57 Å². The highest BCUT2D eigenvalue weighted by Gasteiger charge is 2.19. The third kappa shape index (κ3) is 4.03. The first-order valence-electron chi connectivity index (χ1n) is 11.7. The van der Waals surface area contributed by atoms with E-state index >= 15 is 0 Å². The monoisotopic (exact) mass is 455 g/mol. The van der Waals surface area contributed by atoms with Crippen LogP contribution in [0.2, 0.25) is 0 Å². The van der Waals surface area contributed by atoms with Gasteiger partial charge in [-0.2, -0.15) is 5.10 Å². The number of nitrogens with zero attached hydrogens (tertiary/aromatic N) is 4. The molecule has 0 atom stereocenters. The number of benzene rings is 2. The number of aliphatic imine (C=N–C) groups is 1. The van der Waals surface area contributed by atoms with Gasteiger partial charge in [-0.1, -0.05) is 42.0 Å². The fraction of sp³-hybridized carbons (Fsp3) is 0.296. The minimum absolute atomic E-state index is 0.0358. The van der Waals surface area contributed by atoms with E-state index in [4.69, 9.17) is 4.99 Å². The topological polar surface area (TPSA) is 83.9 Å². The van der Waals surface area contributed by atoms with Gasteiger partial charge in [-0.15, -0.1) is 0 Å². The molecule has 5 rings (SSSR count). The summed E-state index contributed by atoms with van der Waals surface area (Å²) >= 11 is 0. The molecule has 4 aromatic rings. The van der Waals surface area contributed by atoms with Crippen LogP contribution in [0.1, 0.15) is 36.6 Å². The number of hydrogen-bond acceptors (Lipinski definition) is 4. The van der Waals surface area contributed by atoms with Crippen LogP contribution in [0.15, 0.2) is 75.7 Å². The first-order chi connectivity index (χ1) is 16.6. The van der Waals surface area contributed by atoms with Crippen molar-refractivity contribution in [1.29, 1.82) is 0 Å². The van der Waals surface area contributed by atoms with Gasteiger partial charge in [0.2, 0.25) is 0 Å². The van der Waals surface area contributed by atoms with E-state index in [9.17, 15) is 9.90 Å². The van der Waals surface area contributed by atoms with Crippen molar-refractivity contribution >= 4 is 22.4 Å². The van der Waals surface area contributed by atoms with Crippen molar-refractivity contribution in [3.63, 3.8) is 0 Å². The molecule has 0 amide bonds. The lowest BCUT2D eigenvalue weighted by molar-refractivity contribution is 0.291. The number of para-hydroxylation sites is 1. The maximum absolute atomic E-state index is 13.6. The van der Waals surface area contributed by atoms with Crippen molar-refractivity contribution < 1.29 is 5.11 Å². The molecule has 2 aromatic heterocycles. The van der Waals surface area contributed by atoms with Gasteiger partial charge in [-0.25, -0.2) is 4.52 Å². The van der Waals surface area contributed by atoms with Crippen LogP contribution in [-0.2, 0) is 13.0 Å². The number of nitrogens with one attached hydrogen (secondary N) is 1. The summed E-state index contributed by atoms with van der Waals surface area (Å²) in [5.74, 6) is 0.785. The van der Waals surface area contributed by atoms with E-state index in [-0.39, 0.29) is 12.2 Å². The average Bonchev–Trinajstić information content (AvgIpc) is 3.24. The van der Waals surface area contributed by atoms with Crippen molar-refractivity contribution in [2.75, 3.05) is 13.2 Å². The first-order valence-corrected chi connectivity index (χ1v) is 11.7. The third-order valence-electron chi connectivity index (χ3n) is 6.43. The molecule has 2 aromatic carbocycles. The van der Waals surface area contributed by atoms with E-state index in [1.807, 2.05) is 47.8 Å². The summed E-state index contributed by atoms with van der Waals surface area (Å²) in [7, 11) is 0. The van der Waals surface area contributed by atoms with Crippen LogP contribution < -0.4 is 10.9 Å². The summed E-state index contributed by atoms with van der Waals surface area (Å²) in [4.78, 5) is 18.4. The maximum atomic E-state index is 13.6. The molecule has 0 fully saturated rings. The number of aromatic nitrogens is 3. The van der Waals surface area contributed by atoms with Crippen molar-refractivity contribution in [2.24, 2.45) is 4.99 Å². The van der Waals surface area contributed by atoms with E-state index in [1.165, 1.54) is 11.1 Å². The maximum Gasteiger partial charge on any atom is 0.262 e. The van der Waals surface area contributed by atoms with E-state index in [0.717, 1.165) is 46.8 Å². The number of hydrogen-bond donors (Lipinski definition) is 2. The van der Waals surface area contributed by atoms with Gasteiger partial charge in [0, 0.05) is 30.5 Å². The zero-order chi connectivity index (χ0) is 23.7. The second-order valence-electron chi connectivity index (χ2n) is 8.81. The summed E-state index contributed by atoms with van der Waals surface area (Å²) in [6.45, 7) is 5.09. The Morgan fingerprint density at radius 1 is 1.09 bits per heavy atom. The van der Waals surface area contributed by atoms with Crippen LogP contribution in [0, 0.1) is 6.92 Å². The fourth-order valence-corrected chi connectivity index (χ4v) is 4.57. The summed E-state index contributed by atoms with van der Waals surface area (Å²) < 4.78 is 3.66. The number of amidine groups is 1. The van der Waals surface area contributed by atoms with Gasteiger partial charge in [-0.3, -0.25) is 14.4 Å². The molecule has 1 aliphatic rings. The Balaban J connectivity index is 1.62. The van der Waals surface area contributed by atoms with Crippen LogP contribution in [0.3, 0.4) is 0 Å². The van der Waals surface area contributed by atoms with Crippen LogP contribution in [0.5, 0.6) is 0 Å². The van der Waals surface area contributed by atoms with Crippen molar-refractivity contribution in [1.82, 2.24) is 19.5 Å². The molecule has 7 nitrogen and oxygen atoms in total. The molecule has 0 spiro atoms. The van der Waals surface area contributed by atoms with Gasteiger partial charge in [0.25, 0.3) is 5.56 Å². The van der Waals surface area contributed by atoms with Gasteiger partial charge in [0.1, 0.15) is 11.5 Å². The lowest BCUT2D eigenvalue weighted by atomic mass is 9.96. The molecule has 0 radical (unpaired) electrons.